The maximum absolute atomic E-state index is 11.6. The summed E-state index contributed by atoms with van der Waals surface area (Å²) in [5.74, 6) is -1.12. The summed E-state index contributed by atoms with van der Waals surface area (Å²) in [4.78, 5) is 25.3. The Morgan fingerprint density at radius 3 is 2.94 bits per heavy atom. The minimum Gasteiger partial charge on any atom is -0.464 e. The zero-order chi connectivity index (χ0) is 13.7. The molecular weight excluding hydrogens is 262 g/mol. The van der Waals surface area contributed by atoms with E-state index in [0.29, 0.717) is 0 Å². The molecular formula is C10H14ClN3O4. The van der Waals surface area contributed by atoms with Gasteiger partial charge in [0.1, 0.15) is 5.69 Å². The zero-order valence-corrected chi connectivity index (χ0v) is 10.9. The first-order chi connectivity index (χ1) is 8.49. The van der Waals surface area contributed by atoms with Crippen molar-refractivity contribution in [2.45, 2.75) is 25.1 Å². The van der Waals surface area contributed by atoms with Crippen LogP contribution in [0.2, 0.25) is 0 Å². The predicted octanol–water partition coefficient (Wildman–Crippen LogP) is 1.95. The number of hydrogen-bond acceptors (Lipinski definition) is 5. The first-order valence-electron chi connectivity index (χ1n) is 5.45. The molecule has 0 amide bonds. The van der Waals surface area contributed by atoms with Crippen LogP contribution in [0.15, 0.2) is 6.33 Å². The lowest BCUT2D eigenvalue weighted by Crippen LogP contribution is -2.15. The molecule has 0 saturated heterocycles. The Labute approximate surface area is 109 Å². The number of nitrogens with zero attached hydrogens (tertiary/aromatic N) is 3. The van der Waals surface area contributed by atoms with Gasteiger partial charge in [-0.2, -0.15) is 0 Å². The van der Waals surface area contributed by atoms with Crippen molar-refractivity contribution >= 4 is 23.4 Å². The van der Waals surface area contributed by atoms with Crippen molar-refractivity contribution in [3.8, 4) is 0 Å². The molecule has 0 bridgehead atoms. The average Bonchev–Trinajstić information content (AvgIpc) is 2.70. The molecule has 1 atom stereocenters. The van der Waals surface area contributed by atoms with Crippen LogP contribution < -0.4 is 0 Å². The van der Waals surface area contributed by atoms with Gasteiger partial charge < -0.3 is 19.4 Å². The van der Waals surface area contributed by atoms with E-state index in [1.54, 1.807) is 0 Å². The summed E-state index contributed by atoms with van der Waals surface area (Å²) in [7, 11) is 1.53. The molecule has 0 aromatic carbocycles. The second kappa shape index (κ2) is 6.34. The number of ether oxygens (including phenoxy) is 1. The number of unbranched alkanes of at least 4 members (excludes halogenated alkanes) is 1. The van der Waals surface area contributed by atoms with Crippen LogP contribution in [0.4, 0.5) is 5.82 Å². The molecule has 0 radical (unpaired) electrons. The van der Waals surface area contributed by atoms with Crippen LogP contribution in [0.25, 0.3) is 0 Å². The summed E-state index contributed by atoms with van der Waals surface area (Å²) in [6, 6.07) is 0. The maximum Gasteiger partial charge on any atom is 0.387 e. The molecule has 18 heavy (non-hydrogen) atoms. The number of esters is 1. The molecule has 1 aromatic rings. The standard InChI is InChI=1S/C10H14ClN3O4/c1-3-4-5-18-10(15)7(11)8-9(14(16)17)12-6-13(8)2/h6-7H,3-5H2,1-2H3. The number of carbonyl (C=O) groups is 1. The number of carbonyl (C=O) groups excluding carboxylic acids is 1. The fourth-order valence-electron chi connectivity index (χ4n) is 1.36. The Balaban J connectivity index is 2.83. The number of aryl methyl sites for hydroxylation is 1. The molecule has 0 aliphatic heterocycles. The zero-order valence-electron chi connectivity index (χ0n) is 10.1. The van der Waals surface area contributed by atoms with E-state index >= 15 is 0 Å². The molecule has 0 N–H and O–H groups in total. The van der Waals surface area contributed by atoms with E-state index in [1.807, 2.05) is 6.92 Å². The van der Waals surface area contributed by atoms with Crippen LogP contribution in [-0.2, 0) is 16.6 Å². The van der Waals surface area contributed by atoms with Crippen LogP contribution in [-0.4, -0.2) is 27.1 Å². The van der Waals surface area contributed by atoms with Gasteiger partial charge in [0.05, 0.1) is 6.61 Å². The van der Waals surface area contributed by atoms with Crippen LogP contribution in [0.5, 0.6) is 0 Å². The van der Waals surface area contributed by atoms with Gasteiger partial charge in [0.15, 0.2) is 5.38 Å². The summed E-state index contributed by atoms with van der Waals surface area (Å²) in [6.07, 6.45) is 2.84. The molecule has 0 fully saturated rings. The first kappa shape index (κ1) is 14.4. The number of nitro groups is 1. The fraction of sp³-hybridized carbons (Fsp3) is 0.600. The molecule has 1 aromatic heterocycles. The molecule has 1 unspecified atom stereocenters. The number of hydrogen-bond donors (Lipinski definition) is 0. The van der Waals surface area contributed by atoms with Crippen molar-refractivity contribution in [1.29, 1.82) is 0 Å². The predicted molar refractivity (Wildman–Crippen MR) is 64.3 cm³/mol. The van der Waals surface area contributed by atoms with E-state index < -0.39 is 22.1 Å². The lowest BCUT2D eigenvalue weighted by molar-refractivity contribution is -0.390. The Morgan fingerprint density at radius 2 is 2.39 bits per heavy atom. The summed E-state index contributed by atoms with van der Waals surface area (Å²) >= 11 is 5.89. The van der Waals surface area contributed by atoms with Crippen LogP contribution >= 0.6 is 11.6 Å². The third kappa shape index (κ3) is 3.19. The second-order valence-electron chi connectivity index (χ2n) is 3.71. The Hall–Kier alpha value is -1.63. The fourth-order valence-corrected chi connectivity index (χ4v) is 1.68. The SMILES string of the molecule is CCCCOC(=O)C(Cl)c1c([N+](=O)[O-])ncn1C. The lowest BCUT2D eigenvalue weighted by Gasteiger charge is -2.09. The minimum absolute atomic E-state index is 0.0307. The molecule has 7 nitrogen and oxygen atoms in total. The number of rotatable bonds is 6. The van der Waals surface area contributed by atoms with Crippen molar-refractivity contribution in [2.24, 2.45) is 7.05 Å². The van der Waals surface area contributed by atoms with E-state index in [1.165, 1.54) is 17.9 Å². The molecule has 100 valence electrons. The van der Waals surface area contributed by atoms with Crippen molar-refractivity contribution in [3.63, 3.8) is 0 Å². The molecule has 1 heterocycles. The van der Waals surface area contributed by atoms with Gasteiger partial charge in [-0.1, -0.05) is 13.3 Å². The van der Waals surface area contributed by atoms with E-state index in [-0.39, 0.29) is 12.3 Å². The third-order valence-electron chi connectivity index (χ3n) is 2.32. The van der Waals surface area contributed by atoms with Crippen molar-refractivity contribution in [3.05, 3.63) is 22.1 Å². The summed E-state index contributed by atoms with van der Waals surface area (Å²) < 4.78 is 6.27. The van der Waals surface area contributed by atoms with Gasteiger partial charge in [-0.15, -0.1) is 11.6 Å². The Kier molecular flexibility index (Phi) is 5.08. The Morgan fingerprint density at radius 1 is 1.72 bits per heavy atom. The minimum atomic E-state index is -1.23. The Bertz CT molecular complexity index is 446. The lowest BCUT2D eigenvalue weighted by atomic mass is 10.3. The summed E-state index contributed by atoms with van der Waals surface area (Å²) in [5, 5.41) is 9.51. The summed E-state index contributed by atoms with van der Waals surface area (Å²) in [5.41, 5.74) is 0.0307. The second-order valence-corrected chi connectivity index (χ2v) is 4.14. The smallest absolute Gasteiger partial charge is 0.387 e. The van der Waals surface area contributed by atoms with E-state index in [9.17, 15) is 14.9 Å². The first-order valence-corrected chi connectivity index (χ1v) is 5.89. The van der Waals surface area contributed by atoms with Gasteiger partial charge >= 0.3 is 11.8 Å². The van der Waals surface area contributed by atoms with Crippen LogP contribution in [0, 0.1) is 10.1 Å². The average molecular weight is 276 g/mol. The third-order valence-corrected chi connectivity index (χ3v) is 2.71. The topological polar surface area (TPSA) is 87.3 Å². The molecule has 1 rings (SSSR count). The highest BCUT2D eigenvalue weighted by atomic mass is 35.5. The van der Waals surface area contributed by atoms with Gasteiger partial charge in [-0.3, -0.25) is 4.79 Å². The van der Waals surface area contributed by atoms with Gasteiger partial charge in [-0.05, 0) is 16.3 Å². The highest BCUT2D eigenvalue weighted by molar-refractivity contribution is 6.30. The molecule has 8 heteroatoms. The van der Waals surface area contributed by atoms with Crippen molar-refractivity contribution in [2.75, 3.05) is 6.61 Å². The van der Waals surface area contributed by atoms with Gasteiger partial charge in [0.2, 0.25) is 6.33 Å². The largest absolute Gasteiger partial charge is 0.464 e. The quantitative estimate of drug-likeness (QED) is 0.260. The van der Waals surface area contributed by atoms with Crippen LogP contribution in [0.1, 0.15) is 30.8 Å². The normalized spacial score (nSPS) is 12.2. The van der Waals surface area contributed by atoms with Crippen LogP contribution in [0.3, 0.4) is 0 Å². The molecule has 0 aliphatic rings. The maximum atomic E-state index is 11.6. The van der Waals surface area contributed by atoms with Crippen molar-refractivity contribution in [1.82, 2.24) is 9.55 Å². The van der Waals surface area contributed by atoms with E-state index in [0.717, 1.165) is 12.8 Å². The monoisotopic (exact) mass is 275 g/mol. The number of aromatic nitrogens is 2. The molecule has 0 saturated carbocycles. The highest BCUT2D eigenvalue weighted by Gasteiger charge is 2.32. The van der Waals surface area contributed by atoms with E-state index in [4.69, 9.17) is 16.3 Å². The van der Waals surface area contributed by atoms with Gasteiger partial charge in [-0.25, -0.2) is 0 Å². The highest BCUT2D eigenvalue weighted by Crippen LogP contribution is 2.29. The van der Waals surface area contributed by atoms with Gasteiger partial charge in [0.25, 0.3) is 0 Å². The summed E-state index contributed by atoms with van der Waals surface area (Å²) in [6.45, 7) is 2.21. The number of halogens is 1. The molecule has 0 spiro atoms. The van der Waals surface area contributed by atoms with Crippen molar-refractivity contribution < 1.29 is 14.5 Å². The van der Waals surface area contributed by atoms with E-state index in [2.05, 4.69) is 4.98 Å². The number of alkyl halides is 1. The van der Waals surface area contributed by atoms with Gasteiger partial charge in [0, 0.05) is 7.05 Å². The number of imidazole rings is 1. The molecule has 0 aliphatic carbocycles.